The summed E-state index contributed by atoms with van der Waals surface area (Å²) in [6.45, 7) is 2.08. The van der Waals surface area contributed by atoms with Gasteiger partial charge in [0.15, 0.2) is 0 Å². The molecule has 1 atom stereocenters. The molecule has 0 bridgehead atoms. The molecule has 1 aromatic carbocycles. The summed E-state index contributed by atoms with van der Waals surface area (Å²) in [5, 5.41) is 3.30. The number of pyridine rings is 1. The van der Waals surface area contributed by atoms with Crippen molar-refractivity contribution in [1.29, 1.82) is 0 Å². The molecule has 19 heavy (non-hydrogen) atoms. The largest absolute Gasteiger partial charge is 0.495 e. The Morgan fingerprint density at radius 1 is 1.32 bits per heavy atom. The van der Waals surface area contributed by atoms with E-state index in [9.17, 15) is 0 Å². The van der Waals surface area contributed by atoms with Crippen LogP contribution in [0.15, 0.2) is 41.0 Å². The van der Waals surface area contributed by atoms with Gasteiger partial charge in [-0.15, -0.1) is 0 Å². The predicted octanol–water partition coefficient (Wildman–Crippen LogP) is 3.47. The van der Waals surface area contributed by atoms with Gasteiger partial charge in [0.05, 0.1) is 13.2 Å². The minimum Gasteiger partial charge on any atom is -0.495 e. The third-order valence-corrected chi connectivity index (χ3v) is 3.99. The maximum Gasteiger partial charge on any atom is 0.142 e. The van der Waals surface area contributed by atoms with Gasteiger partial charge >= 0.3 is 0 Å². The molecule has 1 aromatic heterocycles. The molecule has 0 radical (unpaired) electrons. The number of hydrogen-bond donors (Lipinski definition) is 1. The second-order valence-corrected chi connectivity index (χ2v) is 5.18. The van der Waals surface area contributed by atoms with Crippen molar-refractivity contribution in [3.8, 4) is 5.75 Å². The number of benzene rings is 1. The van der Waals surface area contributed by atoms with Crippen LogP contribution in [0.2, 0.25) is 0 Å². The first-order valence-electron chi connectivity index (χ1n) is 6.09. The quantitative estimate of drug-likeness (QED) is 0.936. The number of methoxy groups -OCH3 is 1. The smallest absolute Gasteiger partial charge is 0.142 e. The Kier molecular flexibility index (Phi) is 4.56. The summed E-state index contributed by atoms with van der Waals surface area (Å²) >= 11 is 3.52. The van der Waals surface area contributed by atoms with Crippen LogP contribution in [0.5, 0.6) is 5.75 Å². The average molecular weight is 321 g/mol. The highest BCUT2D eigenvalue weighted by Crippen LogP contribution is 2.29. The Balaban J connectivity index is 2.46. The zero-order valence-corrected chi connectivity index (χ0v) is 12.9. The summed E-state index contributed by atoms with van der Waals surface area (Å²) in [4.78, 5) is 4.45. The second kappa shape index (κ2) is 6.17. The maximum atomic E-state index is 5.39. The van der Waals surface area contributed by atoms with E-state index < -0.39 is 0 Å². The molecule has 0 amide bonds. The van der Waals surface area contributed by atoms with Crippen molar-refractivity contribution in [3.05, 3.63) is 57.8 Å². The highest BCUT2D eigenvalue weighted by Gasteiger charge is 2.18. The number of nitrogens with zero attached hydrogens (tertiary/aromatic N) is 1. The van der Waals surface area contributed by atoms with E-state index in [-0.39, 0.29) is 6.04 Å². The second-order valence-electron chi connectivity index (χ2n) is 4.32. The summed E-state index contributed by atoms with van der Waals surface area (Å²) in [7, 11) is 3.59. The van der Waals surface area contributed by atoms with E-state index in [1.807, 2.05) is 19.2 Å². The molecule has 3 nitrogen and oxygen atoms in total. The molecule has 2 aromatic rings. The molecule has 100 valence electrons. The van der Waals surface area contributed by atoms with E-state index in [1.54, 1.807) is 13.3 Å². The SMILES string of the molecule is CNC(c1ccc(Br)c(C)c1)c1ncccc1OC. The zero-order valence-electron chi connectivity index (χ0n) is 11.3. The van der Waals surface area contributed by atoms with Gasteiger partial charge in [-0.1, -0.05) is 28.1 Å². The number of hydrogen-bond acceptors (Lipinski definition) is 3. The monoisotopic (exact) mass is 320 g/mol. The molecule has 0 fully saturated rings. The summed E-state index contributed by atoms with van der Waals surface area (Å²) in [6, 6.07) is 10.1. The Hall–Kier alpha value is -1.39. The van der Waals surface area contributed by atoms with Crippen LogP contribution < -0.4 is 10.1 Å². The van der Waals surface area contributed by atoms with Gasteiger partial charge < -0.3 is 10.1 Å². The molecule has 0 saturated heterocycles. The van der Waals surface area contributed by atoms with Gasteiger partial charge in [-0.05, 0) is 43.3 Å². The van der Waals surface area contributed by atoms with Crippen LogP contribution in [-0.2, 0) is 0 Å². The summed E-state index contributed by atoms with van der Waals surface area (Å²) < 4.78 is 6.50. The number of nitrogens with one attached hydrogen (secondary N) is 1. The number of halogens is 1. The molecule has 0 aliphatic rings. The van der Waals surface area contributed by atoms with Crippen LogP contribution in [0.1, 0.15) is 22.9 Å². The van der Waals surface area contributed by atoms with Crippen molar-refractivity contribution in [2.75, 3.05) is 14.2 Å². The van der Waals surface area contributed by atoms with Gasteiger partial charge in [-0.2, -0.15) is 0 Å². The van der Waals surface area contributed by atoms with E-state index in [4.69, 9.17) is 4.74 Å². The van der Waals surface area contributed by atoms with Crippen molar-refractivity contribution >= 4 is 15.9 Å². The fourth-order valence-electron chi connectivity index (χ4n) is 2.10. The minimum absolute atomic E-state index is 0.0166. The highest BCUT2D eigenvalue weighted by molar-refractivity contribution is 9.10. The summed E-state index contributed by atoms with van der Waals surface area (Å²) in [5.74, 6) is 0.794. The van der Waals surface area contributed by atoms with Gasteiger partial charge in [0.1, 0.15) is 11.4 Å². The molecule has 1 N–H and O–H groups in total. The molecule has 0 aliphatic carbocycles. The van der Waals surface area contributed by atoms with Gasteiger partial charge in [0, 0.05) is 10.7 Å². The average Bonchev–Trinajstić information content (AvgIpc) is 2.44. The third-order valence-electron chi connectivity index (χ3n) is 3.10. The van der Waals surface area contributed by atoms with Crippen LogP contribution in [-0.4, -0.2) is 19.1 Å². The van der Waals surface area contributed by atoms with E-state index in [0.717, 1.165) is 15.9 Å². The van der Waals surface area contributed by atoms with Crippen LogP contribution in [0.4, 0.5) is 0 Å². The number of aryl methyl sites for hydroxylation is 1. The lowest BCUT2D eigenvalue weighted by molar-refractivity contribution is 0.401. The Bertz CT molecular complexity index is 572. The first-order valence-corrected chi connectivity index (χ1v) is 6.89. The fraction of sp³-hybridized carbons (Fsp3) is 0.267. The molecule has 1 unspecified atom stereocenters. The minimum atomic E-state index is 0.0166. The molecule has 0 saturated carbocycles. The molecular formula is C15H17BrN2O. The normalized spacial score (nSPS) is 12.2. The topological polar surface area (TPSA) is 34.2 Å². The van der Waals surface area contributed by atoms with E-state index in [2.05, 4.69) is 51.4 Å². The molecule has 4 heteroatoms. The van der Waals surface area contributed by atoms with Crippen molar-refractivity contribution in [2.45, 2.75) is 13.0 Å². The Morgan fingerprint density at radius 3 is 2.74 bits per heavy atom. The number of ether oxygens (including phenoxy) is 1. The lowest BCUT2D eigenvalue weighted by atomic mass is 10.0. The molecular weight excluding hydrogens is 304 g/mol. The Labute approximate surface area is 122 Å². The van der Waals surface area contributed by atoms with Crippen LogP contribution in [0, 0.1) is 6.92 Å². The van der Waals surface area contributed by atoms with Crippen molar-refractivity contribution in [3.63, 3.8) is 0 Å². The molecule has 0 aliphatic heterocycles. The molecule has 2 rings (SSSR count). The van der Waals surface area contributed by atoms with E-state index >= 15 is 0 Å². The molecule has 1 heterocycles. The number of rotatable bonds is 4. The zero-order chi connectivity index (χ0) is 13.8. The van der Waals surface area contributed by atoms with Crippen molar-refractivity contribution in [2.24, 2.45) is 0 Å². The van der Waals surface area contributed by atoms with Crippen LogP contribution >= 0.6 is 15.9 Å². The highest BCUT2D eigenvalue weighted by atomic mass is 79.9. The molecule has 0 spiro atoms. The first-order chi connectivity index (χ1) is 9.17. The fourth-order valence-corrected chi connectivity index (χ4v) is 2.35. The van der Waals surface area contributed by atoms with E-state index in [1.165, 1.54) is 11.1 Å². The third kappa shape index (κ3) is 2.96. The lowest BCUT2D eigenvalue weighted by Gasteiger charge is -2.19. The van der Waals surface area contributed by atoms with Gasteiger partial charge in [0.2, 0.25) is 0 Å². The van der Waals surface area contributed by atoms with Gasteiger partial charge in [-0.3, -0.25) is 4.98 Å². The lowest BCUT2D eigenvalue weighted by Crippen LogP contribution is -2.19. The maximum absolute atomic E-state index is 5.39. The van der Waals surface area contributed by atoms with Crippen molar-refractivity contribution < 1.29 is 4.74 Å². The number of aromatic nitrogens is 1. The van der Waals surface area contributed by atoms with Gasteiger partial charge in [-0.25, -0.2) is 0 Å². The summed E-state index contributed by atoms with van der Waals surface area (Å²) in [5.41, 5.74) is 3.27. The van der Waals surface area contributed by atoms with Crippen molar-refractivity contribution in [1.82, 2.24) is 10.3 Å². The van der Waals surface area contributed by atoms with Gasteiger partial charge in [0.25, 0.3) is 0 Å². The van der Waals surface area contributed by atoms with Crippen LogP contribution in [0.3, 0.4) is 0 Å². The van der Waals surface area contributed by atoms with E-state index in [0.29, 0.717) is 0 Å². The summed E-state index contributed by atoms with van der Waals surface area (Å²) in [6.07, 6.45) is 1.79. The Morgan fingerprint density at radius 2 is 2.11 bits per heavy atom. The standard InChI is InChI=1S/C15H17BrN2O/c1-10-9-11(6-7-12(10)16)14(17-2)15-13(19-3)5-4-8-18-15/h4-9,14,17H,1-3H3. The van der Waals surface area contributed by atoms with Crippen LogP contribution in [0.25, 0.3) is 0 Å². The predicted molar refractivity (Wildman–Crippen MR) is 80.6 cm³/mol. The first kappa shape index (κ1) is 14.0.